The highest BCUT2D eigenvalue weighted by Gasteiger charge is 2.32. The van der Waals surface area contributed by atoms with Crippen LogP contribution in [0, 0.1) is 0 Å². The van der Waals surface area contributed by atoms with Crippen LogP contribution in [0.4, 0.5) is 8.78 Å². The van der Waals surface area contributed by atoms with Gasteiger partial charge in [0, 0.05) is 43.5 Å². The number of pyridine rings is 2. The van der Waals surface area contributed by atoms with Crippen LogP contribution in [-0.4, -0.2) is 39.1 Å². The monoisotopic (exact) mass is 435 g/mol. The fraction of sp³-hybridized carbons (Fsp3) is 0.333. The Kier molecular flexibility index (Phi) is 6.17. The highest BCUT2D eigenvalue weighted by Crippen LogP contribution is 2.29. The summed E-state index contributed by atoms with van der Waals surface area (Å²) < 4.78 is 30.9. The molecule has 0 radical (unpaired) electrons. The van der Waals surface area contributed by atoms with Crippen molar-refractivity contribution in [1.29, 1.82) is 0 Å². The molecule has 1 amide bonds. The van der Waals surface area contributed by atoms with Crippen LogP contribution in [-0.2, 0) is 13.1 Å². The van der Waals surface area contributed by atoms with E-state index in [9.17, 15) is 18.4 Å². The third-order valence-corrected chi connectivity index (χ3v) is 4.90. The lowest BCUT2D eigenvalue weighted by Gasteiger charge is -2.17. The molecule has 9 heteroatoms. The van der Waals surface area contributed by atoms with Gasteiger partial charge in [-0.3, -0.25) is 14.6 Å². The van der Waals surface area contributed by atoms with Crippen molar-refractivity contribution in [3.8, 4) is 5.88 Å². The number of halogens is 3. The van der Waals surface area contributed by atoms with Gasteiger partial charge in [0.25, 0.3) is 11.8 Å². The Morgan fingerprint density at radius 1 is 1.40 bits per heavy atom. The second-order valence-corrected chi connectivity index (χ2v) is 7.54. The Morgan fingerprint density at radius 2 is 2.13 bits per heavy atom. The number of nitrogens with zero attached hydrogens (tertiary/aromatic N) is 3. The van der Waals surface area contributed by atoms with Gasteiger partial charge in [-0.15, -0.1) is 0 Å². The molecule has 1 aliphatic rings. The summed E-state index contributed by atoms with van der Waals surface area (Å²) >= 11 is 6.09. The first-order valence-corrected chi connectivity index (χ1v) is 9.58. The molecule has 0 saturated heterocycles. The van der Waals surface area contributed by atoms with Gasteiger partial charge >= 0.3 is 0 Å². The van der Waals surface area contributed by atoms with Gasteiger partial charge in [0.15, 0.2) is 6.61 Å². The summed E-state index contributed by atoms with van der Waals surface area (Å²) in [5.74, 6) is -3.56. The lowest BCUT2D eigenvalue weighted by atomic mass is 10.0. The standard InChI is InChI=1S/C21H20ClF2N3O3/c1-4-12(2)18(28)17-15-10-27(20(29)14(15)5-6-25-17)9-13-7-16(22)19(26-8-13)30-11-21(3,23)24/h4-8H,9-11H2,1-3H3/b12-4+. The molecule has 2 aromatic heterocycles. The maximum atomic E-state index is 13.0. The normalized spacial score (nSPS) is 14.1. The minimum absolute atomic E-state index is 0.0714. The van der Waals surface area contributed by atoms with E-state index in [1.807, 2.05) is 0 Å². The van der Waals surface area contributed by atoms with Crippen LogP contribution in [0.1, 0.15) is 52.7 Å². The van der Waals surface area contributed by atoms with Gasteiger partial charge < -0.3 is 9.64 Å². The molecule has 0 saturated carbocycles. The van der Waals surface area contributed by atoms with Gasteiger partial charge in [0.1, 0.15) is 10.7 Å². The first-order chi connectivity index (χ1) is 14.1. The molecule has 2 aromatic rings. The van der Waals surface area contributed by atoms with Crippen LogP contribution >= 0.6 is 11.6 Å². The molecule has 0 fully saturated rings. The van der Waals surface area contributed by atoms with Crippen molar-refractivity contribution in [2.75, 3.05) is 6.61 Å². The van der Waals surface area contributed by atoms with Crippen LogP contribution in [0.25, 0.3) is 0 Å². The number of allylic oxidation sites excluding steroid dienone is 2. The summed E-state index contributed by atoms with van der Waals surface area (Å²) in [6.45, 7) is 3.76. The van der Waals surface area contributed by atoms with E-state index in [-0.39, 0.29) is 41.4 Å². The number of carbonyl (C=O) groups is 2. The molecule has 0 spiro atoms. The summed E-state index contributed by atoms with van der Waals surface area (Å²) in [6, 6.07) is 3.11. The molecule has 0 aromatic carbocycles. The van der Waals surface area contributed by atoms with E-state index < -0.39 is 12.5 Å². The predicted molar refractivity (Wildman–Crippen MR) is 107 cm³/mol. The quantitative estimate of drug-likeness (QED) is 0.474. The number of ketones is 1. The van der Waals surface area contributed by atoms with Crippen molar-refractivity contribution in [2.45, 2.75) is 39.8 Å². The molecule has 6 nitrogen and oxygen atoms in total. The zero-order valence-electron chi connectivity index (χ0n) is 16.7. The molecule has 0 bridgehead atoms. The minimum atomic E-state index is -3.01. The third-order valence-electron chi connectivity index (χ3n) is 4.63. The summed E-state index contributed by atoms with van der Waals surface area (Å²) in [4.78, 5) is 35.1. The van der Waals surface area contributed by atoms with E-state index >= 15 is 0 Å². The van der Waals surface area contributed by atoms with Crippen LogP contribution in [0.2, 0.25) is 5.02 Å². The largest absolute Gasteiger partial charge is 0.470 e. The van der Waals surface area contributed by atoms with Crippen molar-refractivity contribution in [3.05, 3.63) is 63.6 Å². The summed E-state index contributed by atoms with van der Waals surface area (Å²) in [5.41, 5.74) is 2.42. The van der Waals surface area contributed by atoms with E-state index in [1.165, 1.54) is 18.5 Å². The molecule has 0 N–H and O–H groups in total. The van der Waals surface area contributed by atoms with Gasteiger partial charge in [-0.25, -0.2) is 13.8 Å². The van der Waals surface area contributed by atoms with Gasteiger partial charge in [-0.05, 0) is 37.1 Å². The topological polar surface area (TPSA) is 72.4 Å². The number of ether oxygens (including phenoxy) is 1. The number of alkyl halides is 2. The fourth-order valence-electron chi connectivity index (χ4n) is 3.00. The van der Waals surface area contributed by atoms with Crippen molar-refractivity contribution >= 4 is 23.3 Å². The third kappa shape index (κ3) is 4.64. The molecule has 1 aliphatic heterocycles. The van der Waals surface area contributed by atoms with E-state index in [1.54, 1.807) is 30.9 Å². The van der Waals surface area contributed by atoms with Gasteiger partial charge in [0.05, 0.1) is 0 Å². The lowest BCUT2D eigenvalue weighted by molar-refractivity contribution is -0.0242. The fourth-order valence-corrected chi connectivity index (χ4v) is 3.24. The summed E-state index contributed by atoms with van der Waals surface area (Å²) in [7, 11) is 0. The van der Waals surface area contributed by atoms with E-state index in [4.69, 9.17) is 16.3 Å². The first kappa shape index (κ1) is 21.8. The zero-order chi connectivity index (χ0) is 22.1. The van der Waals surface area contributed by atoms with Crippen molar-refractivity contribution in [1.82, 2.24) is 14.9 Å². The Hall–Kier alpha value is -2.87. The lowest BCUT2D eigenvalue weighted by Crippen LogP contribution is -2.23. The smallest absolute Gasteiger partial charge is 0.278 e. The van der Waals surface area contributed by atoms with Gasteiger partial charge in [-0.2, -0.15) is 0 Å². The second-order valence-electron chi connectivity index (χ2n) is 7.14. The average Bonchev–Trinajstić information content (AvgIpc) is 3.01. The number of hydrogen-bond acceptors (Lipinski definition) is 5. The van der Waals surface area contributed by atoms with Crippen molar-refractivity contribution in [3.63, 3.8) is 0 Å². The summed E-state index contributed by atoms with van der Waals surface area (Å²) in [5, 5.41) is 0.0714. The summed E-state index contributed by atoms with van der Waals surface area (Å²) in [6.07, 6.45) is 4.56. The van der Waals surface area contributed by atoms with Crippen LogP contribution in [0.5, 0.6) is 5.88 Å². The molecule has 3 rings (SSSR count). The number of aromatic nitrogens is 2. The number of carbonyl (C=O) groups excluding carboxylic acids is 2. The highest BCUT2D eigenvalue weighted by molar-refractivity contribution is 6.31. The molecule has 30 heavy (non-hydrogen) atoms. The Balaban J connectivity index is 1.78. The molecule has 158 valence electrons. The van der Waals surface area contributed by atoms with E-state index in [0.717, 1.165) is 6.92 Å². The SMILES string of the molecule is C/C=C(\C)C(=O)c1nccc2c1CN(Cc1cnc(OCC(C)(F)F)c(Cl)c1)C2=O. The number of amides is 1. The van der Waals surface area contributed by atoms with Gasteiger partial charge in [-0.1, -0.05) is 17.7 Å². The molecule has 3 heterocycles. The molecular formula is C21H20ClF2N3O3. The first-order valence-electron chi connectivity index (χ1n) is 9.20. The Labute approximate surface area is 177 Å². The van der Waals surface area contributed by atoms with E-state index in [0.29, 0.717) is 22.3 Å². The van der Waals surface area contributed by atoms with Crippen LogP contribution in [0.15, 0.2) is 36.2 Å². The maximum Gasteiger partial charge on any atom is 0.278 e. The maximum absolute atomic E-state index is 13.0. The number of rotatable bonds is 7. The predicted octanol–water partition coefficient (Wildman–Crippen LogP) is 4.47. The Morgan fingerprint density at radius 3 is 2.77 bits per heavy atom. The van der Waals surface area contributed by atoms with Crippen LogP contribution < -0.4 is 4.74 Å². The number of Topliss-reactive ketones (excluding diaryl/α,β-unsaturated/α-hetero) is 1. The molecular weight excluding hydrogens is 416 g/mol. The highest BCUT2D eigenvalue weighted by atomic mass is 35.5. The average molecular weight is 436 g/mol. The molecule has 0 atom stereocenters. The minimum Gasteiger partial charge on any atom is -0.470 e. The molecule has 0 unspecified atom stereocenters. The van der Waals surface area contributed by atoms with Crippen molar-refractivity contribution < 1.29 is 23.1 Å². The van der Waals surface area contributed by atoms with Gasteiger partial charge in [0.2, 0.25) is 11.7 Å². The number of hydrogen-bond donors (Lipinski definition) is 0. The zero-order valence-corrected chi connectivity index (χ0v) is 17.5. The molecule has 0 aliphatic carbocycles. The van der Waals surface area contributed by atoms with Crippen molar-refractivity contribution in [2.24, 2.45) is 0 Å². The van der Waals surface area contributed by atoms with Crippen LogP contribution in [0.3, 0.4) is 0 Å². The van der Waals surface area contributed by atoms with E-state index in [2.05, 4.69) is 9.97 Å². The second kappa shape index (κ2) is 8.47. The number of fused-ring (bicyclic) bond motifs is 1. The Bertz CT molecular complexity index is 1030.